The van der Waals surface area contributed by atoms with Crippen LogP contribution in [0.1, 0.15) is 22.3 Å². The Morgan fingerprint density at radius 3 is 2.39 bits per heavy atom. The van der Waals surface area contributed by atoms with Crippen molar-refractivity contribution in [1.29, 1.82) is 0 Å². The molecule has 3 aromatic carbocycles. The summed E-state index contributed by atoms with van der Waals surface area (Å²) in [5.74, 6) is 0.342. The predicted octanol–water partition coefficient (Wildman–Crippen LogP) is 4.64. The van der Waals surface area contributed by atoms with E-state index in [9.17, 15) is 9.59 Å². The minimum Gasteiger partial charge on any atom is -0.340 e. The minimum atomic E-state index is -0.590. The molecule has 0 aliphatic carbocycles. The van der Waals surface area contributed by atoms with Crippen molar-refractivity contribution in [3.63, 3.8) is 0 Å². The Morgan fingerprint density at radius 2 is 1.68 bits per heavy atom. The maximum absolute atomic E-state index is 12.8. The van der Waals surface area contributed by atoms with Gasteiger partial charge in [0.1, 0.15) is 6.04 Å². The molecule has 0 saturated carbocycles. The molecule has 3 rings (SSSR count). The molecule has 1 unspecified atom stereocenters. The number of carbonyl (C=O) groups is 2. The highest BCUT2D eigenvalue weighted by molar-refractivity contribution is 7.98. The second-order valence-electron chi connectivity index (χ2n) is 6.72. The van der Waals surface area contributed by atoms with Crippen LogP contribution in [0, 0.1) is 6.92 Å². The van der Waals surface area contributed by atoms with E-state index in [1.807, 2.05) is 67.8 Å². The van der Waals surface area contributed by atoms with Gasteiger partial charge in [-0.15, -0.1) is 0 Å². The zero-order valence-corrected chi connectivity index (χ0v) is 16.9. The number of amides is 2. The SMILES string of the molecule is CSCCC(NC(=O)c1ccc(C)cc1)C(=O)Nc1ccc2ccccc2c1. The van der Waals surface area contributed by atoms with Crippen molar-refractivity contribution >= 4 is 40.0 Å². The molecule has 0 saturated heterocycles. The number of benzene rings is 3. The third-order valence-electron chi connectivity index (χ3n) is 4.56. The minimum absolute atomic E-state index is 0.204. The molecule has 0 bridgehead atoms. The third kappa shape index (κ3) is 5.14. The number of thioether (sulfide) groups is 1. The van der Waals surface area contributed by atoms with Crippen molar-refractivity contribution in [2.24, 2.45) is 0 Å². The summed E-state index contributed by atoms with van der Waals surface area (Å²) in [6.07, 6.45) is 2.55. The molecule has 0 aliphatic heterocycles. The average molecular weight is 393 g/mol. The molecule has 0 aliphatic rings. The highest BCUT2D eigenvalue weighted by Gasteiger charge is 2.21. The smallest absolute Gasteiger partial charge is 0.251 e. The van der Waals surface area contributed by atoms with E-state index in [0.29, 0.717) is 12.0 Å². The van der Waals surface area contributed by atoms with E-state index in [-0.39, 0.29) is 11.8 Å². The molecule has 0 spiro atoms. The Hall–Kier alpha value is -2.79. The maximum atomic E-state index is 12.8. The molecule has 0 aromatic heterocycles. The van der Waals surface area contributed by atoms with Crippen LogP contribution in [0.25, 0.3) is 10.8 Å². The van der Waals surface area contributed by atoms with Crippen molar-refractivity contribution < 1.29 is 9.59 Å². The fourth-order valence-corrected chi connectivity index (χ4v) is 3.42. The lowest BCUT2D eigenvalue weighted by molar-refractivity contribution is -0.118. The Bertz CT molecular complexity index is 970. The first-order valence-corrected chi connectivity index (χ1v) is 10.6. The molecule has 1 atom stereocenters. The van der Waals surface area contributed by atoms with Gasteiger partial charge >= 0.3 is 0 Å². The summed E-state index contributed by atoms with van der Waals surface area (Å²) in [7, 11) is 0. The lowest BCUT2D eigenvalue weighted by Crippen LogP contribution is -2.44. The van der Waals surface area contributed by atoms with E-state index in [1.54, 1.807) is 23.9 Å². The first-order valence-electron chi connectivity index (χ1n) is 9.23. The van der Waals surface area contributed by atoms with Gasteiger partial charge in [-0.25, -0.2) is 0 Å². The largest absolute Gasteiger partial charge is 0.340 e. The fourth-order valence-electron chi connectivity index (χ4n) is 2.95. The van der Waals surface area contributed by atoms with Gasteiger partial charge in [-0.1, -0.05) is 48.0 Å². The standard InChI is InChI=1S/C23H24N2O2S/c1-16-7-9-18(10-8-16)22(26)25-21(13-14-28-2)23(27)24-20-12-11-17-5-3-4-6-19(17)15-20/h3-12,15,21H,13-14H2,1-2H3,(H,24,27)(H,25,26). The van der Waals surface area contributed by atoms with Crippen molar-refractivity contribution in [2.45, 2.75) is 19.4 Å². The Morgan fingerprint density at radius 1 is 0.964 bits per heavy atom. The normalized spacial score (nSPS) is 11.8. The number of hydrogen-bond donors (Lipinski definition) is 2. The lowest BCUT2D eigenvalue weighted by Gasteiger charge is -2.18. The molecule has 0 radical (unpaired) electrons. The van der Waals surface area contributed by atoms with E-state index in [0.717, 1.165) is 27.8 Å². The van der Waals surface area contributed by atoms with E-state index in [1.165, 1.54) is 0 Å². The summed E-state index contributed by atoms with van der Waals surface area (Å²) in [4.78, 5) is 25.4. The van der Waals surface area contributed by atoms with Crippen LogP contribution >= 0.6 is 11.8 Å². The monoisotopic (exact) mass is 392 g/mol. The van der Waals surface area contributed by atoms with Crippen LogP contribution in [0.3, 0.4) is 0 Å². The lowest BCUT2D eigenvalue weighted by atomic mass is 10.1. The topological polar surface area (TPSA) is 58.2 Å². The molecular weight excluding hydrogens is 368 g/mol. The van der Waals surface area contributed by atoms with Gasteiger partial charge in [0.25, 0.3) is 5.91 Å². The van der Waals surface area contributed by atoms with Gasteiger partial charge in [0.2, 0.25) is 5.91 Å². The summed E-state index contributed by atoms with van der Waals surface area (Å²) in [5, 5.41) is 8.00. The van der Waals surface area contributed by atoms with Crippen LogP contribution in [0.15, 0.2) is 66.7 Å². The van der Waals surface area contributed by atoms with Crippen LogP contribution in [-0.2, 0) is 4.79 Å². The van der Waals surface area contributed by atoms with Gasteiger partial charge in [0, 0.05) is 11.3 Å². The first kappa shape index (κ1) is 20.0. The van der Waals surface area contributed by atoms with Gasteiger partial charge in [0.05, 0.1) is 0 Å². The third-order valence-corrected chi connectivity index (χ3v) is 5.21. The number of nitrogens with one attached hydrogen (secondary N) is 2. The van der Waals surface area contributed by atoms with Crippen LogP contribution < -0.4 is 10.6 Å². The van der Waals surface area contributed by atoms with Crippen molar-refractivity contribution in [1.82, 2.24) is 5.32 Å². The molecule has 2 N–H and O–H groups in total. The quantitative estimate of drug-likeness (QED) is 0.616. The molecule has 4 nitrogen and oxygen atoms in total. The number of hydrogen-bond acceptors (Lipinski definition) is 3. The molecule has 0 fully saturated rings. The highest BCUT2D eigenvalue weighted by atomic mass is 32.2. The maximum Gasteiger partial charge on any atom is 0.251 e. The van der Waals surface area contributed by atoms with Crippen molar-refractivity contribution in [3.05, 3.63) is 77.9 Å². The second kappa shape index (κ2) is 9.42. The summed E-state index contributed by atoms with van der Waals surface area (Å²) in [6.45, 7) is 1.97. The van der Waals surface area contributed by atoms with Gasteiger partial charge in [-0.05, 0) is 60.4 Å². The molecule has 2 amide bonds. The molecular formula is C23H24N2O2S. The number of rotatable bonds is 7. The molecule has 0 heterocycles. The average Bonchev–Trinajstić information content (AvgIpc) is 2.71. The van der Waals surface area contributed by atoms with Crippen LogP contribution in [0.5, 0.6) is 0 Å². The van der Waals surface area contributed by atoms with Crippen LogP contribution in [-0.4, -0.2) is 29.9 Å². The van der Waals surface area contributed by atoms with Crippen LogP contribution in [0.4, 0.5) is 5.69 Å². The molecule has 144 valence electrons. The summed E-state index contributed by atoms with van der Waals surface area (Å²) in [6, 6.07) is 20.5. The van der Waals surface area contributed by atoms with Crippen molar-refractivity contribution in [3.8, 4) is 0 Å². The van der Waals surface area contributed by atoms with Gasteiger partial charge in [0.15, 0.2) is 0 Å². The molecule has 5 heteroatoms. The van der Waals surface area contributed by atoms with E-state index in [2.05, 4.69) is 10.6 Å². The van der Waals surface area contributed by atoms with E-state index >= 15 is 0 Å². The number of carbonyl (C=O) groups excluding carboxylic acids is 2. The molecule has 28 heavy (non-hydrogen) atoms. The first-order chi connectivity index (χ1) is 13.6. The second-order valence-corrected chi connectivity index (χ2v) is 7.71. The van der Waals surface area contributed by atoms with Gasteiger partial charge in [-0.3, -0.25) is 9.59 Å². The Balaban J connectivity index is 1.72. The zero-order valence-electron chi connectivity index (χ0n) is 16.1. The summed E-state index contributed by atoms with van der Waals surface area (Å²) >= 11 is 1.65. The van der Waals surface area contributed by atoms with Crippen molar-refractivity contribution in [2.75, 3.05) is 17.3 Å². The summed E-state index contributed by atoms with van der Waals surface area (Å²) in [5.41, 5.74) is 2.37. The number of fused-ring (bicyclic) bond motifs is 1. The highest BCUT2D eigenvalue weighted by Crippen LogP contribution is 2.19. The Labute approximate surface area is 169 Å². The molecule has 3 aromatic rings. The van der Waals surface area contributed by atoms with Gasteiger partial charge in [-0.2, -0.15) is 11.8 Å². The van der Waals surface area contributed by atoms with E-state index < -0.39 is 6.04 Å². The Kier molecular flexibility index (Phi) is 6.71. The van der Waals surface area contributed by atoms with E-state index in [4.69, 9.17) is 0 Å². The van der Waals surface area contributed by atoms with Gasteiger partial charge < -0.3 is 10.6 Å². The summed E-state index contributed by atoms with van der Waals surface area (Å²) < 4.78 is 0. The van der Waals surface area contributed by atoms with Crippen LogP contribution in [0.2, 0.25) is 0 Å². The fraction of sp³-hybridized carbons (Fsp3) is 0.217. The predicted molar refractivity (Wildman–Crippen MR) is 118 cm³/mol. The number of anilines is 1. The zero-order chi connectivity index (χ0) is 19.9. The number of aryl methyl sites for hydroxylation is 1.